The van der Waals surface area contributed by atoms with Crippen molar-refractivity contribution >= 4 is 10.0 Å². The molecule has 0 aliphatic heterocycles. The highest BCUT2D eigenvalue weighted by atomic mass is 32.2. The molecule has 0 radical (unpaired) electrons. The molecule has 1 aromatic rings. The SMILES string of the molecule is COC1CCCC1NS(=O)(=O)Cc1ccccc1CN. The second kappa shape index (κ2) is 6.67. The number of benzene rings is 1. The Bertz CT molecular complexity index is 545. The third kappa shape index (κ3) is 3.79. The van der Waals surface area contributed by atoms with Crippen molar-refractivity contribution in [2.24, 2.45) is 5.73 Å². The number of ether oxygens (including phenoxy) is 1. The molecule has 0 heterocycles. The monoisotopic (exact) mass is 298 g/mol. The third-order valence-corrected chi connectivity index (χ3v) is 5.12. The molecule has 112 valence electrons. The fraction of sp³-hybridized carbons (Fsp3) is 0.571. The number of sulfonamides is 1. The van der Waals surface area contributed by atoms with Crippen LogP contribution < -0.4 is 10.5 Å². The average molecular weight is 298 g/mol. The van der Waals surface area contributed by atoms with Crippen molar-refractivity contribution in [3.63, 3.8) is 0 Å². The van der Waals surface area contributed by atoms with E-state index >= 15 is 0 Å². The molecule has 0 amide bonds. The van der Waals surface area contributed by atoms with Gasteiger partial charge in [0.25, 0.3) is 0 Å². The first-order valence-corrected chi connectivity index (χ1v) is 8.50. The van der Waals surface area contributed by atoms with Gasteiger partial charge >= 0.3 is 0 Å². The molecule has 0 aromatic heterocycles. The Balaban J connectivity index is 2.07. The summed E-state index contributed by atoms with van der Waals surface area (Å²) in [5, 5.41) is 0. The summed E-state index contributed by atoms with van der Waals surface area (Å²) >= 11 is 0. The van der Waals surface area contributed by atoms with Crippen LogP contribution in [0.5, 0.6) is 0 Å². The predicted molar refractivity (Wildman–Crippen MR) is 78.5 cm³/mol. The van der Waals surface area contributed by atoms with E-state index in [1.54, 1.807) is 7.11 Å². The summed E-state index contributed by atoms with van der Waals surface area (Å²) in [6, 6.07) is 7.25. The van der Waals surface area contributed by atoms with Gasteiger partial charge in [-0.15, -0.1) is 0 Å². The number of hydrogen-bond acceptors (Lipinski definition) is 4. The van der Waals surface area contributed by atoms with Crippen LogP contribution in [0.3, 0.4) is 0 Å². The third-order valence-electron chi connectivity index (χ3n) is 3.77. The molecule has 0 spiro atoms. The first kappa shape index (κ1) is 15.4. The maximum Gasteiger partial charge on any atom is 0.216 e. The fourth-order valence-corrected chi connectivity index (χ4v) is 4.22. The van der Waals surface area contributed by atoms with Gasteiger partial charge in [-0.25, -0.2) is 13.1 Å². The minimum atomic E-state index is -3.38. The summed E-state index contributed by atoms with van der Waals surface area (Å²) in [6.07, 6.45) is 2.71. The highest BCUT2D eigenvalue weighted by Crippen LogP contribution is 2.23. The lowest BCUT2D eigenvalue weighted by atomic mass is 10.1. The zero-order valence-electron chi connectivity index (χ0n) is 11.7. The van der Waals surface area contributed by atoms with E-state index in [4.69, 9.17) is 10.5 Å². The van der Waals surface area contributed by atoms with Gasteiger partial charge in [-0.1, -0.05) is 24.3 Å². The van der Waals surface area contributed by atoms with Crippen LogP contribution >= 0.6 is 0 Å². The van der Waals surface area contributed by atoms with Gasteiger partial charge in [0.05, 0.1) is 11.9 Å². The largest absolute Gasteiger partial charge is 0.380 e. The highest BCUT2D eigenvalue weighted by molar-refractivity contribution is 7.88. The summed E-state index contributed by atoms with van der Waals surface area (Å²) in [4.78, 5) is 0. The maximum atomic E-state index is 12.3. The molecule has 1 aliphatic carbocycles. The van der Waals surface area contributed by atoms with E-state index in [9.17, 15) is 8.42 Å². The highest BCUT2D eigenvalue weighted by Gasteiger charge is 2.30. The van der Waals surface area contributed by atoms with E-state index in [2.05, 4.69) is 4.72 Å². The van der Waals surface area contributed by atoms with E-state index in [1.165, 1.54) is 0 Å². The van der Waals surface area contributed by atoms with Crippen molar-refractivity contribution in [1.82, 2.24) is 4.72 Å². The van der Waals surface area contributed by atoms with Crippen molar-refractivity contribution in [2.75, 3.05) is 7.11 Å². The van der Waals surface area contributed by atoms with Crippen LogP contribution in [-0.2, 0) is 27.1 Å². The Morgan fingerprint density at radius 2 is 2.00 bits per heavy atom. The van der Waals surface area contributed by atoms with Crippen LogP contribution in [0, 0.1) is 0 Å². The predicted octanol–water partition coefficient (Wildman–Crippen LogP) is 1.13. The molecular weight excluding hydrogens is 276 g/mol. The van der Waals surface area contributed by atoms with Crippen LogP contribution in [0.25, 0.3) is 0 Å². The summed E-state index contributed by atoms with van der Waals surface area (Å²) < 4.78 is 32.6. The van der Waals surface area contributed by atoms with Crippen molar-refractivity contribution in [2.45, 2.75) is 43.7 Å². The quantitative estimate of drug-likeness (QED) is 0.825. The molecule has 2 rings (SSSR count). The normalized spacial score (nSPS) is 23.1. The van der Waals surface area contributed by atoms with Gasteiger partial charge in [-0.3, -0.25) is 0 Å². The molecular formula is C14H22N2O3S. The van der Waals surface area contributed by atoms with Crippen LogP contribution in [0.4, 0.5) is 0 Å². The number of rotatable bonds is 6. The van der Waals surface area contributed by atoms with E-state index in [0.717, 1.165) is 30.4 Å². The molecule has 1 aliphatic rings. The molecule has 2 unspecified atom stereocenters. The van der Waals surface area contributed by atoms with Crippen LogP contribution in [0.2, 0.25) is 0 Å². The molecule has 5 nitrogen and oxygen atoms in total. The van der Waals surface area contributed by atoms with Crippen molar-refractivity contribution in [1.29, 1.82) is 0 Å². The first-order valence-electron chi connectivity index (χ1n) is 6.85. The molecule has 0 saturated heterocycles. The van der Waals surface area contributed by atoms with Gasteiger partial charge in [0.1, 0.15) is 0 Å². The number of nitrogens with one attached hydrogen (secondary N) is 1. The lowest BCUT2D eigenvalue weighted by Gasteiger charge is -2.20. The first-order chi connectivity index (χ1) is 9.55. The molecule has 1 aromatic carbocycles. The van der Waals surface area contributed by atoms with E-state index < -0.39 is 10.0 Å². The van der Waals surface area contributed by atoms with Gasteiger partial charge in [0, 0.05) is 19.7 Å². The van der Waals surface area contributed by atoms with Gasteiger partial charge in [-0.2, -0.15) is 0 Å². The van der Waals surface area contributed by atoms with E-state index in [-0.39, 0.29) is 17.9 Å². The molecule has 6 heteroatoms. The Morgan fingerprint density at radius 3 is 2.65 bits per heavy atom. The Kier molecular flexibility index (Phi) is 5.15. The lowest BCUT2D eigenvalue weighted by Crippen LogP contribution is -2.41. The van der Waals surface area contributed by atoms with Crippen LogP contribution in [0.15, 0.2) is 24.3 Å². The molecule has 20 heavy (non-hydrogen) atoms. The number of methoxy groups -OCH3 is 1. The molecule has 3 N–H and O–H groups in total. The van der Waals surface area contributed by atoms with Crippen molar-refractivity contribution in [3.05, 3.63) is 35.4 Å². The second-order valence-corrected chi connectivity index (χ2v) is 6.92. The van der Waals surface area contributed by atoms with Crippen LogP contribution in [0.1, 0.15) is 30.4 Å². The Hall–Kier alpha value is -0.950. The molecule has 2 atom stereocenters. The van der Waals surface area contributed by atoms with Gasteiger partial charge in [-0.05, 0) is 30.4 Å². The second-order valence-electron chi connectivity index (χ2n) is 5.16. The van der Waals surface area contributed by atoms with E-state index in [0.29, 0.717) is 6.54 Å². The smallest absolute Gasteiger partial charge is 0.216 e. The van der Waals surface area contributed by atoms with Crippen molar-refractivity contribution < 1.29 is 13.2 Å². The van der Waals surface area contributed by atoms with E-state index in [1.807, 2.05) is 24.3 Å². The van der Waals surface area contributed by atoms with Gasteiger partial charge < -0.3 is 10.5 Å². The zero-order chi connectivity index (χ0) is 14.6. The topological polar surface area (TPSA) is 81.4 Å². The minimum Gasteiger partial charge on any atom is -0.380 e. The van der Waals surface area contributed by atoms with Crippen molar-refractivity contribution in [3.8, 4) is 0 Å². The number of nitrogens with two attached hydrogens (primary N) is 1. The molecule has 1 fully saturated rings. The Morgan fingerprint density at radius 1 is 1.30 bits per heavy atom. The summed E-state index contributed by atoms with van der Waals surface area (Å²) in [7, 11) is -1.75. The average Bonchev–Trinajstić information content (AvgIpc) is 2.85. The summed E-state index contributed by atoms with van der Waals surface area (Å²) in [6.45, 7) is 0.343. The maximum absolute atomic E-state index is 12.3. The standard InChI is InChI=1S/C14H22N2O3S/c1-19-14-8-4-7-13(14)16-20(17,18)10-12-6-3-2-5-11(12)9-15/h2-3,5-6,13-14,16H,4,7-10,15H2,1H3. The fourth-order valence-electron chi connectivity index (χ4n) is 2.72. The lowest BCUT2D eigenvalue weighted by molar-refractivity contribution is 0.0916. The summed E-state index contributed by atoms with van der Waals surface area (Å²) in [5.41, 5.74) is 7.27. The van der Waals surface area contributed by atoms with Gasteiger partial charge in [0.15, 0.2) is 0 Å². The zero-order valence-corrected chi connectivity index (χ0v) is 12.5. The molecule has 0 bridgehead atoms. The van der Waals surface area contributed by atoms with Crippen LogP contribution in [-0.4, -0.2) is 27.7 Å². The summed E-state index contributed by atoms with van der Waals surface area (Å²) in [5.74, 6) is -0.0344. The van der Waals surface area contributed by atoms with Gasteiger partial charge in [0.2, 0.25) is 10.0 Å². The minimum absolute atomic E-state index is 0.0190. The molecule has 1 saturated carbocycles. The number of hydrogen-bond donors (Lipinski definition) is 2. The Labute approximate surface area is 120 Å².